The van der Waals surface area contributed by atoms with Crippen molar-refractivity contribution in [3.8, 4) is 5.75 Å². The Kier molecular flexibility index (Phi) is 7.44. The van der Waals surface area contributed by atoms with Crippen LogP contribution in [0.2, 0.25) is 0 Å². The van der Waals surface area contributed by atoms with Crippen LogP contribution in [0.25, 0.3) is 10.9 Å². The molecule has 2 aliphatic heterocycles. The molecule has 3 aliphatic rings. The summed E-state index contributed by atoms with van der Waals surface area (Å²) < 4.78 is 14.2. The number of rotatable bonds is 11. The summed E-state index contributed by atoms with van der Waals surface area (Å²) in [5, 5.41) is 4.07. The summed E-state index contributed by atoms with van der Waals surface area (Å²) in [6, 6.07) is 15.6. The molecule has 3 atom stereocenters. The largest absolute Gasteiger partial charge is 0.495 e. The molecular weight excluding hydrogens is 474 g/mol. The van der Waals surface area contributed by atoms with E-state index in [1.165, 1.54) is 44.1 Å². The molecule has 1 saturated carbocycles. The Morgan fingerprint density at radius 2 is 1.82 bits per heavy atom. The van der Waals surface area contributed by atoms with Gasteiger partial charge in [0.05, 0.1) is 24.3 Å². The molecule has 2 saturated heterocycles. The van der Waals surface area contributed by atoms with Gasteiger partial charge in [0.25, 0.3) is 5.91 Å². The lowest BCUT2D eigenvalue weighted by Crippen LogP contribution is -2.46. The van der Waals surface area contributed by atoms with Gasteiger partial charge in [0, 0.05) is 49.9 Å². The predicted octanol–water partition coefficient (Wildman–Crippen LogP) is 5.70. The van der Waals surface area contributed by atoms with E-state index < -0.39 is 0 Å². The third-order valence-electron chi connectivity index (χ3n) is 8.78. The van der Waals surface area contributed by atoms with Crippen molar-refractivity contribution in [1.29, 1.82) is 0 Å². The number of piperidine rings is 1. The van der Waals surface area contributed by atoms with E-state index >= 15 is 0 Å². The first-order valence-electron chi connectivity index (χ1n) is 14.5. The van der Waals surface area contributed by atoms with Crippen molar-refractivity contribution < 1.29 is 14.3 Å². The molecule has 1 amide bonds. The Labute approximate surface area is 226 Å². The Morgan fingerprint density at radius 1 is 1.03 bits per heavy atom. The zero-order chi connectivity index (χ0) is 26.1. The Morgan fingerprint density at radius 3 is 2.55 bits per heavy atom. The van der Waals surface area contributed by atoms with Crippen molar-refractivity contribution in [2.45, 2.75) is 83.1 Å². The summed E-state index contributed by atoms with van der Waals surface area (Å²) in [7, 11) is 1.71. The van der Waals surface area contributed by atoms with E-state index in [4.69, 9.17) is 9.47 Å². The van der Waals surface area contributed by atoms with Crippen LogP contribution in [0.15, 0.2) is 48.7 Å². The van der Waals surface area contributed by atoms with Gasteiger partial charge in [-0.1, -0.05) is 42.0 Å². The zero-order valence-electron chi connectivity index (χ0n) is 22.8. The van der Waals surface area contributed by atoms with Crippen molar-refractivity contribution in [2.24, 2.45) is 5.92 Å². The highest BCUT2D eigenvalue weighted by molar-refractivity contribution is 6.08. The second kappa shape index (κ2) is 11.1. The number of para-hydroxylation sites is 1. The summed E-state index contributed by atoms with van der Waals surface area (Å²) >= 11 is 0. The highest BCUT2D eigenvalue weighted by atomic mass is 16.5. The van der Waals surface area contributed by atoms with Gasteiger partial charge in [-0.25, -0.2) is 0 Å². The van der Waals surface area contributed by atoms with Crippen LogP contribution in [-0.4, -0.2) is 53.8 Å². The van der Waals surface area contributed by atoms with E-state index in [2.05, 4.69) is 39.9 Å². The van der Waals surface area contributed by atoms with E-state index in [9.17, 15) is 4.79 Å². The monoisotopic (exact) mass is 515 g/mol. The SMILES string of the molecule is COc1cccc2c(C(=O)NCc3cccc(C)c3)cn(CCCN3[C@@H]4CC[C@H]3CC(OCC3CC3)C4)c12. The number of fused-ring (bicyclic) bond motifs is 3. The summed E-state index contributed by atoms with van der Waals surface area (Å²) in [5.74, 6) is 1.61. The van der Waals surface area contributed by atoms with Gasteiger partial charge in [-0.3, -0.25) is 9.69 Å². The molecule has 1 aliphatic carbocycles. The van der Waals surface area contributed by atoms with E-state index in [1.54, 1.807) is 7.11 Å². The lowest BCUT2D eigenvalue weighted by atomic mass is 9.99. The highest BCUT2D eigenvalue weighted by Crippen LogP contribution is 2.38. The summed E-state index contributed by atoms with van der Waals surface area (Å²) in [6.07, 6.45) is 11.2. The number of aromatic nitrogens is 1. The van der Waals surface area contributed by atoms with Gasteiger partial charge >= 0.3 is 0 Å². The molecule has 6 nitrogen and oxygen atoms in total. The molecule has 2 aromatic carbocycles. The van der Waals surface area contributed by atoms with Crippen LogP contribution < -0.4 is 10.1 Å². The molecule has 1 aromatic heterocycles. The minimum atomic E-state index is -0.0465. The Balaban J connectivity index is 1.11. The standard InChI is InChI=1S/C32H41N3O3/c1-22-6-3-7-24(16-22)19-33-32(36)29-20-34(31-28(29)8-4-9-30(31)37-2)14-5-15-35-25-12-13-26(35)18-27(17-25)38-21-23-10-11-23/h3-4,6-9,16,20,23,25-27H,5,10-15,17-19,21H2,1-2H3,(H,33,36)/t25-,26+,27?. The molecule has 2 bridgehead atoms. The number of carbonyl (C=O) groups excluding carboxylic acids is 1. The van der Waals surface area contributed by atoms with Gasteiger partial charge in [0.2, 0.25) is 0 Å². The smallest absolute Gasteiger partial charge is 0.253 e. The van der Waals surface area contributed by atoms with Crippen LogP contribution in [0, 0.1) is 12.8 Å². The minimum absolute atomic E-state index is 0.0465. The van der Waals surface area contributed by atoms with Gasteiger partial charge in [-0.05, 0) is 69.4 Å². The Bertz CT molecular complexity index is 1270. The first-order valence-corrected chi connectivity index (χ1v) is 14.5. The number of amides is 1. The third kappa shape index (κ3) is 5.48. The maximum atomic E-state index is 13.3. The van der Waals surface area contributed by atoms with Gasteiger partial charge in [0.1, 0.15) is 5.75 Å². The molecule has 0 radical (unpaired) electrons. The first-order chi connectivity index (χ1) is 18.6. The third-order valence-corrected chi connectivity index (χ3v) is 8.78. The van der Waals surface area contributed by atoms with Crippen molar-refractivity contribution >= 4 is 16.8 Å². The maximum Gasteiger partial charge on any atom is 0.253 e. The van der Waals surface area contributed by atoms with E-state index in [-0.39, 0.29) is 5.91 Å². The summed E-state index contributed by atoms with van der Waals surface area (Å²) in [6.45, 7) is 5.52. The molecule has 6 rings (SSSR count). The van der Waals surface area contributed by atoms with Crippen LogP contribution in [0.3, 0.4) is 0 Å². The van der Waals surface area contributed by atoms with Crippen molar-refractivity contribution in [1.82, 2.24) is 14.8 Å². The highest BCUT2D eigenvalue weighted by Gasteiger charge is 2.41. The van der Waals surface area contributed by atoms with Gasteiger partial charge in [-0.15, -0.1) is 0 Å². The molecular formula is C32H41N3O3. The lowest BCUT2D eigenvalue weighted by molar-refractivity contribution is -0.0241. The first kappa shape index (κ1) is 25.4. The summed E-state index contributed by atoms with van der Waals surface area (Å²) in [5.41, 5.74) is 4.02. The minimum Gasteiger partial charge on any atom is -0.495 e. The van der Waals surface area contributed by atoms with Gasteiger partial charge in [0.15, 0.2) is 0 Å². The van der Waals surface area contributed by atoms with Crippen molar-refractivity contribution in [3.63, 3.8) is 0 Å². The van der Waals surface area contributed by atoms with E-state index in [0.717, 1.165) is 54.3 Å². The fourth-order valence-corrected chi connectivity index (χ4v) is 6.65. The quantitative estimate of drug-likeness (QED) is 0.356. The van der Waals surface area contributed by atoms with E-state index in [0.29, 0.717) is 30.3 Å². The van der Waals surface area contributed by atoms with Crippen molar-refractivity contribution in [3.05, 3.63) is 65.4 Å². The number of ether oxygens (including phenoxy) is 2. The number of hydrogen-bond donors (Lipinski definition) is 1. The molecule has 3 aromatic rings. The number of aryl methyl sites for hydroxylation is 2. The van der Waals surface area contributed by atoms with E-state index in [1.807, 2.05) is 30.5 Å². The van der Waals surface area contributed by atoms with Crippen LogP contribution in [0.5, 0.6) is 5.75 Å². The maximum absolute atomic E-state index is 13.3. The summed E-state index contributed by atoms with van der Waals surface area (Å²) in [4.78, 5) is 16.0. The molecule has 0 spiro atoms. The molecule has 3 heterocycles. The topological polar surface area (TPSA) is 55.7 Å². The predicted molar refractivity (Wildman–Crippen MR) is 151 cm³/mol. The van der Waals surface area contributed by atoms with Crippen LogP contribution >= 0.6 is 0 Å². The molecule has 3 fully saturated rings. The fourth-order valence-electron chi connectivity index (χ4n) is 6.65. The number of hydrogen-bond acceptors (Lipinski definition) is 4. The molecule has 1 N–H and O–H groups in total. The number of methoxy groups -OCH3 is 1. The fraction of sp³-hybridized carbons (Fsp3) is 0.531. The number of nitrogens with one attached hydrogen (secondary N) is 1. The molecule has 6 heteroatoms. The zero-order valence-corrected chi connectivity index (χ0v) is 22.8. The van der Waals surface area contributed by atoms with Crippen molar-refractivity contribution in [2.75, 3.05) is 20.3 Å². The van der Waals surface area contributed by atoms with Gasteiger partial charge < -0.3 is 19.4 Å². The van der Waals surface area contributed by atoms with Crippen LogP contribution in [0.1, 0.15) is 66.4 Å². The lowest BCUT2D eigenvalue weighted by Gasteiger charge is -2.39. The molecule has 202 valence electrons. The average Bonchev–Trinajstić information content (AvgIpc) is 3.64. The number of benzene rings is 2. The number of nitrogens with zero attached hydrogens (tertiary/aromatic N) is 2. The van der Waals surface area contributed by atoms with Crippen LogP contribution in [-0.2, 0) is 17.8 Å². The Hall–Kier alpha value is -2.83. The average molecular weight is 516 g/mol. The second-order valence-electron chi connectivity index (χ2n) is 11.6. The van der Waals surface area contributed by atoms with Crippen LogP contribution in [0.4, 0.5) is 0 Å². The number of carbonyl (C=O) groups is 1. The molecule has 1 unspecified atom stereocenters. The second-order valence-corrected chi connectivity index (χ2v) is 11.6. The normalized spacial score (nSPS) is 23.2. The van der Waals surface area contributed by atoms with Gasteiger partial charge in [-0.2, -0.15) is 0 Å². The molecule has 38 heavy (non-hydrogen) atoms.